The molecule has 0 bridgehead atoms. The second-order valence-electron chi connectivity index (χ2n) is 2.77. The summed E-state index contributed by atoms with van der Waals surface area (Å²) in [6.07, 6.45) is 2.38. The van der Waals surface area contributed by atoms with Crippen LogP contribution in [0.3, 0.4) is 0 Å². The fourth-order valence-electron chi connectivity index (χ4n) is 1.00. The molecule has 0 spiro atoms. The van der Waals surface area contributed by atoms with Gasteiger partial charge in [-0.3, -0.25) is 0 Å². The lowest BCUT2D eigenvalue weighted by atomic mass is 10.2. The van der Waals surface area contributed by atoms with Gasteiger partial charge in [0.2, 0.25) is 0 Å². The van der Waals surface area contributed by atoms with E-state index in [4.69, 9.17) is 5.11 Å². The summed E-state index contributed by atoms with van der Waals surface area (Å²) in [5.41, 5.74) is 0. The standard InChI is InChI=1S/C8H11N3O4/c1-15-8(14)11-5(7(12)13)4-6-9-2-3-10-6/h2-3,5H,4H2,1H3,(H,9,10)(H,11,14)(H,12,13)/t5-/m0/s1. The summed E-state index contributed by atoms with van der Waals surface area (Å²) in [6, 6.07) is -1.05. The molecule has 1 aromatic rings. The number of hydrogen-bond donors (Lipinski definition) is 3. The SMILES string of the molecule is COC(=O)N[C@@H](Cc1ncc[nH]1)C(=O)O. The van der Waals surface area contributed by atoms with Crippen molar-refractivity contribution in [3.8, 4) is 0 Å². The van der Waals surface area contributed by atoms with E-state index in [-0.39, 0.29) is 6.42 Å². The van der Waals surface area contributed by atoms with Crippen LogP contribution in [0.4, 0.5) is 4.79 Å². The van der Waals surface area contributed by atoms with E-state index >= 15 is 0 Å². The molecule has 3 N–H and O–H groups in total. The van der Waals surface area contributed by atoms with E-state index < -0.39 is 18.1 Å². The first-order chi connectivity index (χ1) is 7.13. The average Bonchev–Trinajstić information content (AvgIpc) is 2.69. The fraction of sp³-hybridized carbons (Fsp3) is 0.375. The number of rotatable bonds is 4. The highest BCUT2D eigenvalue weighted by atomic mass is 16.5. The molecular weight excluding hydrogens is 202 g/mol. The molecule has 1 rings (SSSR count). The Labute approximate surface area is 85.5 Å². The van der Waals surface area contributed by atoms with Crippen LogP contribution < -0.4 is 5.32 Å². The van der Waals surface area contributed by atoms with Crippen LogP contribution in [-0.4, -0.2) is 40.3 Å². The van der Waals surface area contributed by atoms with Crippen LogP contribution >= 0.6 is 0 Å². The molecule has 7 nitrogen and oxygen atoms in total. The molecule has 0 unspecified atom stereocenters. The van der Waals surface area contributed by atoms with Gasteiger partial charge < -0.3 is 20.1 Å². The van der Waals surface area contributed by atoms with Crippen molar-refractivity contribution < 1.29 is 19.4 Å². The molecule has 0 radical (unpaired) electrons. The predicted molar refractivity (Wildman–Crippen MR) is 49.3 cm³/mol. The third-order valence-corrected chi connectivity index (χ3v) is 1.73. The zero-order valence-corrected chi connectivity index (χ0v) is 8.06. The molecule has 7 heteroatoms. The molecule has 0 aliphatic rings. The number of ether oxygens (including phenoxy) is 1. The number of methoxy groups -OCH3 is 1. The number of aliphatic carboxylic acids is 1. The summed E-state index contributed by atoms with van der Waals surface area (Å²) < 4.78 is 4.31. The molecule has 82 valence electrons. The van der Waals surface area contributed by atoms with Crippen molar-refractivity contribution in [2.45, 2.75) is 12.5 Å². The second-order valence-corrected chi connectivity index (χ2v) is 2.77. The van der Waals surface area contributed by atoms with E-state index in [1.54, 1.807) is 6.20 Å². The van der Waals surface area contributed by atoms with Crippen molar-refractivity contribution in [3.63, 3.8) is 0 Å². The van der Waals surface area contributed by atoms with Gasteiger partial charge in [0, 0.05) is 18.8 Å². The van der Waals surface area contributed by atoms with E-state index in [9.17, 15) is 9.59 Å². The minimum absolute atomic E-state index is 0.0808. The van der Waals surface area contributed by atoms with Crippen molar-refractivity contribution in [2.24, 2.45) is 0 Å². The maximum Gasteiger partial charge on any atom is 0.407 e. The summed E-state index contributed by atoms with van der Waals surface area (Å²) in [5, 5.41) is 11.0. The Morgan fingerprint density at radius 2 is 2.47 bits per heavy atom. The maximum absolute atomic E-state index is 10.8. The Kier molecular flexibility index (Phi) is 3.67. The number of carbonyl (C=O) groups excluding carboxylic acids is 1. The smallest absolute Gasteiger partial charge is 0.407 e. The number of amides is 1. The largest absolute Gasteiger partial charge is 0.480 e. The molecule has 1 amide bonds. The number of carboxylic acids is 1. The van der Waals surface area contributed by atoms with Crippen molar-refractivity contribution in [2.75, 3.05) is 7.11 Å². The quantitative estimate of drug-likeness (QED) is 0.640. The number of imidazole rings is 1. The number of aromatic nitrogens is 2. The van der Waals surface area contributed by atoms with Gasteiger partial charge >= 0.3 is 12.1 Å². The number of nitrogens with zero attached hydrogens (tertiary/aromatic N) is 1. The van der Waals surface area contributed by atoms with E-state index in [0.717, 1.165) is 0 Å². The number of aromatic amines is 1. The molecular formula is C8H11N3O4. The summed E-state index contributed by atoms with van der Waals surface area (Å²) in [5.74, 6) is -0.657. The molecule has 0 saturated carbocycles. The molecule has 1 atom stereocenters. The van der Waals surface area contributed by atoms with E-state index in [2.05, 4.69) is 20.0 Å². The van der Waals surface area contributed by atoms with Crippen LogP contribution in [0, 0.1) is 0 Å². The second kappa shape index (κ2) is 4.99. The van der Waals surface area contributed by atoms with E-state index in [1.165, 1.54) is 13.3 Å². The molecule has 0 saturated heterocycles. The van der Waals surface area contributed by atoms with Crippen molar-refractivity contribution >= 4 is 12.1 Å². The van der Waals surface area contributed by atoms with Crippen molar-refractivity contribution in [3.05, 3.63) is 18.2 Å². The molecule has 0 aromatic carbocycles. The van der Waals surface area contributed by atoms with Crippen LogP contribution in [-0.2, 0) is 16.0 Å². The number of H-pyrrole nitrogens is 1. The molecule has 0 aliphatic carbocycles. The van der Waals surface area contributed by atoms with Gasteiger partial charge in [-0.15, -0.1) is 0 Å². The first-order valence-electron chi connectivity index (χ1n) is 4.19. The molecule has 15 heavy (non-hydrogen) atoms. The van der Waals surface area contributed by atoms with Crippen molar-refractivity contribution in [1.82, 2.24) is 15.3 Å². The normalized spacial score (nSPS) is 11.8. The van der Waals surface area contributed by atoms with Gasteiger partial charge in [0.15, 0.2) is 0 Å². The summed E-state index contributed by atoms with van der Waals surface area (Å²) in [7, 11) is 1.17. The lowest BCUT2D eigenvalue weighted by Gasteiger charge is -2.11. The summed E-state index contributed by atoms with van der Waals surface area (Å²) in [4.78, 5) is 28.2. The number of carboxylic acid groups (broad SMARTS) is 1. The maximum atomic E-state index is 10.8. The average molecular weight is 213 g/mol. The Hall–Kier alpha value is -2.05. The Morgan fingerprint density at radius 1 is 1.73 bits per heavy atom. The molecule has 1 aromatic heterocycles. The minimum Gasteiger partial charge on any atom is -0.480 e. The van der Waals surface area contributed by atoms with Gasteiger partial charge in [0.1, 0.15) is 11.9 Å². The Balaban J connectivity index is 2.59. The van der Waals surface area contributed by atoms with Gasteiger partial charge in [0.25, 0.3) is 0 Å². The number of carbonyl (C=O) groups is 2. The summed E-state index contributed by atoms with van der Waals surface area (Å²) >= 11 is 0. The summed E-state index contributed by atoms with van der Waals surface area (Å²) in [6.45, 7) is 0. The van der Waals surface area contributed by atoms with Crippen LogP contribution in [0.1, 0.15) is 5.82 Å². The number of alkyl carbamates (subject to hydrolysis) is 1. The van der Waals surface area contributed by atoms with Gasteiger partial charge in [0.05, 0.1) is 7.11 Å². The third kappa shape index (κ3) is 3.29. The first kappa shape index (κ1) is 11.0. The zero-order chi connectivity index (χ0) is 11.3. The zero-order valence-electron chi connectivity index (χ0n) is 8.06. The highest BCUT2D eigenvalue weighted by Gasteiger charge is 2.21. The van der Waals surface area contributed by atoms with Crippen molar-refractivity contribution in [1.29, 1.82) is 0 Å². The third-order valence-electron chi connectivity index (χ3n) is 1.73. The molecule has 1 heterocycles. The van der Waals surface area contributed by atoms with Gasteiger partial charge in [-0.25, -0.2) is 14.6 Å². The van der Waals surface area contributed by atoms with Gasteiger partial charge in [-0.1, -0.05) is 0 Å². The number of nitrogens with one attached hydrogen (secondary N) is 2. The van der Waals surface area contributed by atoms with Crippen LogP contribution in [0.15, 0.2) is 12.4 Å². The lowest BCUT2D eigenvalue weighted by molar-refractivity contribution is -0.139. The van der Waals surface area contributed by atoms with E-state index in [0.29, 0.717) is 5.82 Å². The molecule has 0 fully saturated rings. The Bertz CT molecular complexity index is 336. The monoisotopic (exact) mass is 213 g/mol. The first-order valence-corrected chi connectivity index (χ1v) is 4.19. The van der Waals surface area contributed by atoms with E-state index in [1.807, 2.05) is 0 Å². The van der Waals surface area contributed by atoms with Gasteiger partial charge in [-0.2, -0.15) is 0 Å². The van der Waals surface area contributed by atoms with Crippen LogP contribution in [0.25, 0.3) is 0 Å². The van der Waals surface area contributed by atoms with Crippen LogP contribution in [0.2, 0.25) is 0 Å². The van der Waals surface area contributed by atoms with Crippen LogP contribution in [0.5, 0.6) is 0 Å². The highest BCUT2D eigenvalue weighted by molar-refractivity contribution is 5.79. The highest BCUT2D eigenvalue weighted by Crippen LogP contribution is 1.97. The lowest BCUT2D eigenvalue weighted by Crippen LogP contribution is -2.42. The Morgan fingerprint density at radius 3 is 2.93 bits per heavy atom. The number of hydrogen-bond acceptors (Lipinski definition) is 4. The predicted octanol–water partition coefficient (Wildman–Crippen LogP) is -0.239. The topological polar surface area (TPSA) is 104 Å². The van der Waals surface area contributed by atoms with Gasteiger partial charge in [-0.05, 0) is 0 Å². The molecule has 0 aliphatic heterocycles. The minimum atomic E-state index is -1.14. The fourth-order valence-corrected chi connectivity index (χ4v) is 1.00.